The van der Waals surface area contributed by atoms with Crippen molar-refractivity contribution in [2.75, 3.05) is 11.2 Å². The van der Waals surface area contributed by atoms with Crippen LogP contribution in [0.15, 0.2) is 12.4 Å². The van der Waals surface area contributed by atoms with Crippen LogP contribution in [0.25, 0.3) is 0 Å². The second-order valence-corrected chi connectivity index (χ2v) is 2.44. The second kappa shape index (κ2) is 4.01. The minimum absolute atomic E-state index is 0.0734. The highest BCUT2D eigenvalue weighted by Crippen LogP contribution is 2.05. The minimum atomic E-state index is -0.278. The van der Waals surface area contributed by atoms with E-state index in [1.807, 2.05) is 0 Å². The number of carbonyl (C=O) groups excluding carboxylic acids is 1. The molecule has 0 atom stereocenters. The molecular formula is C7H8ClN3O. The van der Waals surface area contributed by atoms with Crippen LogP contribution in [-0.2, 0) is 4.79 Å². The van der Waals surface area contributed by atoms with Crippen LogP contribution in [-0.4, -0.2) is 21.8 Å². The van der Waals surface area contributed by atoms with E-state index in [4.69, 9.17) is 11.6 Å². The number of aromatic nitrogens is 2. The Balaban J connectivity index is 2.75. The molecule has 0 unspecified atom stereocenters. The summed E-state index contributed by atoms with van der Waals surface area (Å²) in [6, 6.07) is 0. The van der Waals surface area contributed by atoms with Crippen LogP contribution in [0.5, 0.6) is 0 Å². The van der Waals surface area contributed by atoms with E-state index in [0.29, 0.717) is 11.5 Å². The van der Waals surface area contributed by atoms with Crippen LogP contribution < -0.4 is 5.32 Å². The molecule has 1 aromatic rings. The molecule has 0 spiro atoms. The summed E-state index contributed by atoms with van der Waals surface area (Å²) >= 11 is 5.29. The number of rotatable bonds is 2. The molecule has 12 heavy (non-hydrogen) atoms. The fourth-order valence-electron chi connectivity index (χ4n) is 0.696. The Morgan fingerprint density at radius 3 is 2.83 bits per heavy atom. The van der Waals surface area contributed by atoms with Crippen LogP contribution in [0.4, 0.5) is 5.82 Å². The molecule has 1 aromatic heterocycles. The fraction of sp³-hybridized carbons (Fsp3) is 0.286. The monoisotopic (exact) mass is 185 g/mol. The van der Waals surface area contributed by atoms with Gasteiger partial charge in [0.1, 0.15) is 5.88 Å². The zero-order valence-electron chi connectivity index (χ0n) is 6.54. The Bertz CT molecular complexity index is 290. The number of nitrogens with zero attached hydrogens (tertiary/aromatic N) is 2. The van der Waals surface area contributed by atoms with Gasteiger partial charge in [-0.15, -0.1) is 11.6 Å². The summed E-state index contributed by atoms with van der Waals surface area (Å²) in [5.74, 6) is 0.110. The summed E-state index contributed by atoms with van der Waals surface area (Å²) in [6.07, 6.45) is 3.07. The van der Waals surface area contributed by atoms with Crippen molar-refractivity contribution in [2.45, 2.75) is 6.92 Å². The first-order chi connectivity index (χ1) is 5.74. The van der Waals surface area contributed by atoms with E-state index < -0.39 is 0 Å². The van der Waals surface area contributed by atoms with E-state index in [0.717, 1.165) is 0 Å². The van der Waals surface area contributed by atoms with E-state index in [2.05, 4.69) is 15.3 Å². The summed E-state index contributed by atoms with van der Waals surface area (Å²) in [5.41, 5.74) is 0.677. The smallest absolute Gasteiger partial charge is 0.240 e. The highest BCUT2D eigenvalue weighted by atomic mass is 35.5. The zero-order chi connectivity index (χ0) is 8.97. The molecular weight excluding hydrogens is 178 g/mol. The van der Waals surface area contributed by atoms with E-state index >= 15 is 0 Å². The minimum Gasteiger partial charge on any atom is -0.308 e. The molecule has 0 saturated carbocycles. The number of hydrogen-bond donors (Lipinski definition) is 1. The largest absolute Gasteiger partial charge is 0.308 e. The van der Waals surface area contributed by atoms with Gasteiger partial charge >= 0.3 is 0 Å². The van der Waals surface area contributed by atoms with Gasteiger partial charge in [0.25, 0.3) is 0 Å². The average molecular weight is 186 g/mol. The van der Waals surface area contributed by atoms with Crippen LogP contribution in [0.2, 0.25) is 0 Å². The lowest BCUT2D eigenvalue weighted by Crippen LogP contribution is -2.14. The molecule has 1 N–H and O–H groups in total. The van der Waals surface area contributed by atoms with Crippen molar-refractivity contribution in [3.05, 3.63) is 18.1 Å². The number of hydrogen-bond acceptors (Lipinski definition) is 3. The molecule has 0 aliphatic carbocycles. The molecule has 0 radical (unpaired) electrons. The number of nitrogens with one attached hydrogen (secondary N) is 1. The van der Waals surface area contributed by atoms with Gasteiger partial charge in [0.15, 0.2) is 5.82 Å². The summed E-state index contributed by atoms with van der Waals surface area (Å²) in [7, 11) is 0. The third-order valence-electron chi connectivity index (χ3n) is 1.26. The van der Waals surface area contributed by atoms with Gasteiger partial charge in [-0.25, -0.2) is 4.98 Å². The molecule has 0 aliphatic rings. The number of alkyl halides is 1. The Morgan fingerprint density at radius 1 is 1.58 bits per heavy atom. The SMILES string of the molecule is Cc1nccnc1NC(=O)CCl. The second-order valence-electron chi connectivity index (χ2n) is 2.17. The molecule has 0 aromatic carbocycles. The van der Waals surface area contributed by atoms with E-state index in [-0.39, 0.29) is 11.8 Å². The van der Waals surface area contributed by atoms with E-state index in [1.54, 1.807) is 13.1 Å². The van der Waals surface area contributed by atoms with Gasteiger partial charge in [0, 0.05) is 12.4 Å². The Kier molecular flexibility index (Phi) is 2.99. The zero-order valence-corrected chi connectivity index (χ0v) is 7.30. The Morgan fingerprint density at radius 2 is 2.25 bits per heavy atom. The van der Waals surface area contributed by atoms with Crippen molar-refractivity contribution < 1.29 is 4.79 Å². The molecule has 0 saturated heterocycles. The third-order valence-corrected chi connectivity index (χ3v) is 1.50. The predicted molar refractivity (Wildman–Crippen MR) is 46.1 cm³/mol. The molecule has 1 heterocycles. The maximum absolute atomic E-state index is 10.8. The molecule has 1 amide bonds. The van der Waals surface area contributed by atoms with Gasteiger partial charge in [0.05, 0.1) is 5.69 Å². The maximum atomic E-state index is 10.8. The van der Waals surface area contributed by atoms with Gasteiger partial charge in [0.2, 0.25) is 5.91 Å². The number of anilines is 1. The molecule has 0 fully saturated rings. The van der Waals surface area contributed by atoms with Crippen LogP contribution in [0, 0.1) is 6.92 Å². The lowest BCUT2D eigenvalue weighted by atomic mass is 10.4. The predicted octanol–water partition coefficient (Wildman–Crippen LogP) is 0.962. The average Bonchev–Trinajstić information content (AvgIpc) is 2.09. The van der Waals surface area contributed by atoms with Crippen LogP contribution >= 0.6 is 11.6 Å². The van der Waals surface area contributed by atoms with E-state index in [1.165, 1.54) is 6.20 Å². The first kappa shape index (κ1) is 8.93. The van der Waals surface area contributed by atoms with Crippen LogP contribution in [0.3, 0.4) is 0 Å². The van der Waals surface area contributed by atoms with Gasteiger partial charge in [-0.3, -0.25) is 9.78 Å². The van der Waals surface area contributed by atoms with Gasteiger partial charge in [-0.1, -0.05) is 0 Å². The van der Waals surface area contributed by atoms with Crippen molar-refractivity contribution in [2.24, 2.45) is 0 Å². The summed E-state index contributed by atoms with van der Waals surface area (Å²) in [5, 5.41) is 2.52. The van der Waals surface area contributed by atoms with Crippen molar-refractivity contribution in [3.63, 3.8) is 0 Å². The Hall–Kier alpha value is -1.16. The summed E-state index contributed by atoms with van der Waals surface area (Å²) in [6.45, 7) is 1.76. The molecule has 64 valence electrons. The highest BCUT2D eigenvalue weighted by molar-refractivity contribution is 6.29. The standard InChI is InChI=1S/C7H8ClN3O/c1-5-7(10-3-2-9-5)11-6(12)4-8/h2-3H,4H2,1H3,(H,10,11,12). The van der Waals surface area contributed by atoms with Crippen molar-refractivity contribution in [1.82, 2.24) is 9.97 Å². The van der Waals surface area contributed by atoms with Crippen LogP contribution in [0.1, 0.15) is 5.69 Å². The third kappa shape index (κ3) is 2.17. The van der Waals surface area contributed by atoms with Gasteiger partial charge < -0.3 is 5.32 Å². The van der Waals surface area contributed by atoms with Gasteiger partial charge in [-0.05, 0) is 6.92 Å². The number of halogens is 1. The van der Waals surface area contributed by atoms with Gasteiger partial charge in [-0.2, -0.15) is 0 Å². The van der Waals surface area contributed by atoms with Crippen molar-refractivity contribution in [3.8, 4) is 0 Å². The van der Waals surface area contributed by atoms with E-state index in [9.17, 15) is 4.79 Å². The highest BCUT2D eigenvalue weighted by Gasteiger charge is 2.03. The molecule has 5 heteroatoms. The van der Waals surface area contributed by atoms with Crippen molar-refractivity contribution >= 4 is 23.3 Å². The fourth-order valence-corrected chi connectivity index (χ4v) is 0.763. The molecule has 0 bridgehead atoms. The summed E-state index contributed by atoms with van der Waals surface area (Å²) < 4.78 is 0. The lowest BCUT2D eigenvalue weighted by molar-refractivity contribution is -0.113. The van der Waals surface area contributed by atoms with Crippen molar-refractivity contribution in [1.29, 1.82) is 0 Å². The normalized spacial score (nSPS) is 9.50. The number of aryl methyl sites for hydroxylation is 1. The summed E-state index contributed by atoms with van der Waals surface area (Å²) in [4.78, 5) is 18.7. The first-order valence-corrected chi connectivity index (χ1v) is 3.91. The topological polar surface area (TPSA) is 54.9 Å². The molecule has 4 nitrogen and oxygen atoms in total. The maximum Gasteiger partial charge on any atom is 0.240 e. The number of amides is 1. The number of carbonyl (C=O) groups is 1. The first-order valence-electron chi connectivity index (χ1n) is 3.37. The quantitative estimate of drug-likeness (QED) is 0.699. The molecule has 0 aliphatic heterocycles. The lowest BCUT2D eigenvalue weighted by Gasteiger charge is -2.02. The Labute approximate surface area is 75.0 Å². The molecule has 1 rings (SSSR count).